The van der Waals surface area contributed by atoms with Crippen molar-refractivity contribution in [1.82, 2.24) is 5.06 Å². The summed E-state index contributed by atoms with van der Waals surface area (Å²) in [4.78, 5) is 39.9. The van der Waals surface area contributed by atoms with E-state index in [-0.39, 0.29) is 11.5 Å². The topological polar surface area (TPSA) is 119 Å². The Bertz CT molecular complexity index is 582. The van der Waals surface area contributed by atoms with Gasteiger partial charge in [0.2, 0.25) is 0 Å². The monoisotopic (exact) mass is 338 g/mol. The zero-order valence-corrected chi connectivity index (χ0v) is 13.9. The fourth-order valence-electron chi connectivity index (χ4n) is 1.74. The Morgan fingerprint density at radius 2 is 1.79 bits per heavy atom. The maximum absolute atomic E-state index is 12.4. The molecule has 2 amide bonds. The standard InChI is InChI=1S/C16H22N2O6/c1-16(2,3)24-15(22)18(23-10-13(19)20)14(21)12(17)9-11-7-5-4-6-8-11/h4-8,12H,9-10,17H2,1-3H3,(H,19,20)/t12-/m0/s1. The van der Waals surface area contributed by atoms with E-state index in [0.29, 0.717) is 0 Å². The molecule has 0 unspecified atom stereocenters. The van der Waals surface area contributed by atoms with Gasteiger partial charge in [-0.25, -0.2) is 14.4 Å². The lowest BCUT2D eigenvalue weighted by Gasteiger charge is -2.26. The largest absolute Gasteiger partial charge is 0.479 e. The number of aliphatic carboxylic acids is 1. The van der Waals surface area contributed by atoms with Gasteiger partial charge in [0.1, 0.15) is 5.60 Å². The van der Waals surface area contributed by atoms with E-state index in [2.05, 4.69) is 0 Å². The van der Waals surface area contributed by atoms with Crippen LogP contribution in [0.3, 0.4) is 0 Å². The third kappa shape index (κ3) is 6.76. The molecule has 132 valence electrons. The molecule has 0 aromatic heterocycles. The molecule has 0 saturated heterocycles. The number of amides is 2. The first-order valence-electron chi connectivity index (χ1n) is 7.31. The van der Waals surface area contributed by atoms with Gasteiger partial charge in [0.25, 0.3) is 5.91 Å². The summed E-state index contributed by atoms with van der Waals surface area (Å²) >= 11 is 0. The second-order valence-electron chi connectivity index (χ2n) is 6.08. The van der Waals surface area contributed by atoms with Gasteiger partial charge >= 0.3 is 12.1 Å². The summed E-state index contributed by atoms with van der Waals surface area (Å²) in [6.07, 6.45) is -0.952. The molecule has 0 bridgehead atoms. The van der Waals surface area contributed by atoms with Crippen LogP contribution in [-0.4, -0.2) is 46.4 Å². The SMILES string of the molecule is CC(C)(C)OC(=O)N(OCC(=O)O)C(=O)[C@@H](N)Cc1ccccc1. The Balaban J connectivity index is 2.85. The summed E-state index contributed by atoms with van der Waals surface area (Å²) in [5.41, 5.74) is 5.74. The summed E-state index contributed by atoms with van der Waals surface area (Å²) in [5.74, 6) is -2.22. The Labute approximate surface area is 140 Å². The van der Waals surface area contributed by atoms with Crippen LogP contribution in [0.1, 0.15) is 26.3 Å². The van der Waals surface area contributed by atoms with Crippen molar-refractivity contribution in [2.45, 2.75) is 38.8 Å². The number of hydrogen-bond acceptors (Lipinski definition) is 6. The number of carbonyl (C=O) groups is 3. The van der Waals surface area contributed by atoms with Gasteiger partial charge < -0.3 is 15.6 Å². The number of benzene rings is 1. The van der Waals surface area contributed by atoms with Crippen molar-refractivity contribution in [3.63, 3.8) is 0 Å². The number of carboxylic acids is 1. The highest BCUT2D eigenvalue weighted by Crippen LogP contribution is 2.12. The molecule has 8 heteroatoms. The first kappa shape index (κ1) is 19.6. The van der Waals surface area contributed by atoms with Gasteiger partial charge in [-0.15, -0.1) is 5.06 Å². The van der Waals surface area contributed by atoms with Crippen molar-refractivity contribution >= 4 is 18.0 Å². The van der Waals surface area contributed by atoms with Crippen LogP contribution in [0.5, 0.6) is 0 Å². The van der Waals surface area contributed by atoms with Crippen LogP contribution < -0.4 is 5.73 Å². The molecule has 1 aromatic rings. The molecule has 0 aliphatic carbocycles. The molecular formula is C16H22N2O6. The minimum atomic E-state index is -1.34. The van der Waals surface area contributed by atoms with Gasteiger partial charge in [0, 0.05) is 0 Å². The Kier molecular flexibility index (Phi) is 6.87. The van der Waals surface area contributed by atoms with Crippen LogP contribution >= 0.6 is 0 Å². The summed E-state index contributed by atoms with van der Waals surface area (Å²) in [6.45, 7) is 3.95. The molecule has 24 heavy (non-hydrogen) atoms. The number of nitrogens with two attached hydrogens (primary N) is 1. The number of nitrogens with zero attached hydrogens (tertiary/aromatic N) is 1. The predicted molar refractivity (Wildman–Crippen MR) is 84.8 cm³/mol. The molecule has 1 aromatic carbocycles. The summed E-state index contributed by atoms with van der Waals surface area (Å²) in [7, 11) is 0. The minimum Gasteiger partial charge on any atom is -0.479 e. The molecule has 0 aliphatic rings. The predicted octanol–water partition coefficient (Wildman–Crippen LogP) is 1.34. The van der Waals surface area contributed by atoms with Crippen molar-refractivity contribution in [3.8, 4) is 0 Å². The van der Waals surface area contributed by atoms with Gasteiger partial charge in [-0.05, 0) is 32.8 Å². The van der Waals surface area contributed by atoms with E-state index in [0.717, 1.165) is 5.56 Å². The highest BCUT2D eigenvalue weighted by Gasteiger charge is 2.32. The van der Waals surface area contributed by atoms with E-state index in [1.54, 1.807) is 45.0 Å². The number of imide groups is 1. The number of carbonyl (C=O) groups excluding carboxylic acids is 2. The van der Waals surface area contributed by atoms with Crippen molar-refractivity contribution in [1.29, 1.82) is 0 Å². The number of carboxylic acid groups (broad SMARTS) is 1. The second kappa shape index (κ2) is 8.42. The zero-order valence-electron chi connectivity index (χ0n) is 13.9. The van der Waals surface area contributed by atoms with Crippen LogP contribution in [0.25, 0.3) is 0 Å². The third-order valence-electron chi connectivity index (χ3n) is 2.69. The Hall–Kier alpha value is -2.45. The van der Waals surface area contributed by atoms with Crippen LogP contribution in [-0.2, 0) is 25.6 Å². The molecule has 0 fully saturated rings. The van der Waals surface area contributed by atoms with Crippen molar-refractivity contribution < 1.29 is 29.1 Å². The average Bonchev–Trinajstić information content (AvgIpc) is 2.46. The molecular weight excluding hydrogens is 316 g/mol. The molecule has 0 saturated carbocycles. The van der Waals surface area contributed by atoms with Crippen LogP contribution in [0.15, 0.2) is 30.3 Å². The minimum absolute atomic E-state index is 0.162. The van der Waals surface area contributed by atoms with Crippen LogP contribution in [0.2, 0.25) is 0 Å². The maximum Gasteiger partial charge on any atom is 0.442 e. The number of hydrogen-bond donors (Lipinski definition) is 2. The fourth-order valence-corrected chi connectivity index (χ4v) is 1.74. The van der Waals surface area contributed by atoms with Gasteiger partial charge in [-0.2, -0.15) is 0 Å². The normalized spacial score (nSPS) is 12.3. The fraction of sp³-hybridized carbons (Fsp3) is 0.438. The van der Waals surface area contributed by atoms with Crippen molar-refractivity contribution in [2.75, 3.05) is 6.61 Å². The van der Waals surface area contributed by atoms with E-state index in [1.807, 2.05) is 6.07 Å². The first-order chi connectivity index (χ1) is 11.1. The van der Waals surface area contributed by atoms with Gasteiger partial charge in [0.15, 0.2) is 6.61 Å². The molecule has 3 N–H and O–H groups in total. The molecule has 0 aliphatic heterocycles. The van der Waals surface area contributed by atoms with Crippen LogP contribution in [0.4, 0.5) is 4.79 Å². The number of hydroxylamine groups is 2. The molecule has 1 atom stereocenters. The molecule has 0 radical (unpaired) electrons. The van der Waals surface area contributed by atoms with Gasteiger partial charge in [0.05, 0.1) is 6.04 Å². The maximum atomic E-state index is 12.4. The summed E-state index contributed by atoms with van der Waals surface area (Å²) in [6, 6.07) is 7.87. The lowest BCUT2D eigenvalue weighted by molar-refractivity contribution is -0.186. The number of rotatable bonds is 6. The highest BCUT2D eigenvalue weighted by molar-refractivity contribution is 5.94. The van der Waals surface area contributed by atoms with E-state index >= 15 is 0 Å². The quantitative estimate of drug-likeness (QED) is 0.751. The van der Waals surface area contributed by atoms with Gasteiger partial charge in [-0.3, -0.25) is 4.79 Å². The lowest BCUT2D eigenvalue weighted by Crippen LogP contribution is -2.49. The molecule has 0 heterocycles. The van der Waals surface area contributed by atoms with E-state index in [9.17, 15) is 14.4 Å². The zero-order chi connectivity index (χ0) is 18.3. The summed E-state index contributed by atoms with van der Waals surface area (Å²) < 4.78 is 5.05. The van der Waals surface area contributed by atoms with Crippen LogP contribution in [0, 0.1) is 0 Å². The molecule has 1 rings (SSSR count). The second-order valence-corrected chi connectivity index (χ2v) is 6.08. The smallest absolute Gasteiger partial charge is 0.442 e. The summed E-state index contributed by atoms with van der Waals surface area (Å²) in [5, 5.41) is 8.96. The highest BCUT2D eigenvalue weighted by atomic mass is 16.7. The number of ether oxygens (including phenoxy) is 1. The lowest BCUT2D eigenvalue weighted by atomic mass is 10.1. The Morgan fingerprint density at radius 3 is 2.29 bits per heavy atom. The van der Waals surface area contributed by atoms with Gasteiger partial charge in [-0.1, -0.05) is 30.3 Å². The first-order valence-corrected chi connectivity index (χ1v) is 7.31. The molecule has 0 spiro atoms. The third-order valence-corrected chi connectivity index (χ3v) is 2.69. The van der Waals surface area contributed by atoms with E-state index in [1.165, 1.54) is 0 Å². The van der Waals surface area contributed by atoms with Crippen molar-refractivity contribution in [3.05, 3.63) is 35.9 Å². The Morgan fingerprint density at radius 1 is 1.21 bits per heavy atom. The molecule has 8 nitrogen and oxygen atoms in total. The van der Waals surface area contributed by atoms with Crippen molar-refractivity contribution in [2.24, 2.45) is 5.73 Å². The average molecular weight is 338 g/mol. The van der Waals surface area contributed by atoms with E-state index in [4.69, 9.17) is 20.4 Å². The van der Waals surface area contributed by atoms with E-state index < -0.39 is 36.2 Å².